The van der Waals surface area contributed by atoms with Crippen molar-refractivity contribution in [1.82, 2.24) is 0 Å². The van der Waals surface area contributed by atoms with Crippen molar-refractivity contribution in [2.75, 3.05) is 11.9 Å². The molecule has 0 saturated heterocycles. The van der Waals surface area contributed by atoms with E-state index in [4.69, 9.17) is 5.73 Å². The number of nitro benzene ring substituents is 1. The molecule has 0 aromatic heterocycles. The van der Waals surface area contributed by atoms with Gasteiger partial charge in [0.05, 0.1) is 4.92 Å². The number of benzene rings is 1. The maximum Gasteiger partial charge on any atom is 0.292 e. The first-order chi connectivity index (χ1) is 9.08. The number of nitrogens with one attached hydrogen (secondary N) is 1. The highest BCUT2D eigenvalue weighted by atomic mass is 16.6. The van der Waals surface area contributed by atoms with Crippen LogP contribution in [0.2, 0.25) is 0 Å². The van der Waals surface area contributed by atoms with E-state index in [1.54, 1.807) is 0 Å². The van der Waals surface area contributed by atoms with E-state index in [1.807, 2.05) is 0 Å². The first kappa shape index (κ1) is 13.3. The van der Waals surface area contributed by atoms with Gasteiger partial charge >= 0.3 is 0 Å². The molecule has 1 aromatic rings. The van der Waals surface area contributed by atoms with Gasteiger partial charge in [-0.25, -0.2) is 0 Å². The first-order valence-electron chi connectivity index (χ1n) is 6.40. The van der Waals surface area contributed by atoms with E-state index in [2.05, 4.69) is 5.32 Å². The van der Waals surface area contributed by atoms with Gasteiger partial charge in [0.25, 0.3) is 5.69 Å². The summed E-state index contributed by atoms with van der Waals surface area (Å²) in [5.74, 6) is 0.142. The lowest BCUT2D eigenvalue weighted by atomic mass is 9.83. The smallest absolute Gasteiger partial charge is 0.292 e. The van der Waals surface area contributed by atoms with Crippen LogP contribution in [0.4, 0.5) is 11.4 Å². The number of nitro groups is 1. The number of carbonyl (C=O) groups is 1. The largest absolute Gasteiger partial charge is 0.379 e. The van der Waals surface area contributed by atoms with Gasteiger partial charge in [-0.1, -0.05) is 19.3 Å². The van der Waals surface area contributed by atoms with Crippen molar-refractivity contribution in [2.45, 2.75) is 25.7 Å². The lowest BCUT2D eigenvalue weighted by Gasteiger charge is -2.25. The van der Waals surface area contributed by atoms with Crippen molar-refractivity contribution in [1.29, 1.82) is 0 Å². The number of carbonyl (C=O) groups excluding carboxylic acids is 1. The van der Waals surface area contributed by atoms with E-state index in [0.717, 1.165) is 12.3 Å². The van der Waals surface area contributed by atoms with Crippen LogP contribution in [-0.4, -0.2) is 17.4 Å². The van der Waals surface area contributed by atoms with Gasteiger partial charge in [-0.15, -0.1) is 0 Å². The summed E-state index contributed by atoms with van der Waals surface area (Å²) >= 11 is 0. The highest BCUT2D eigenvalue weighted by Gasteiger charge is 2.18. The average Bonchev–Trinajstić information content (AvgIpc) is 2.31. The van der Waals surface area contributed by atoms with Crippen molar-refractivity contribution in [3.8, 4) is 0 Å². The van der Waals surface area contributed by atoms with E-state index in [-0.39, 0.29) is 11.3 Å². The zero-order chi connectivity index (χ0) is 13.8. The van der Waals surface area contributed by atoms with Crippen LogP contribution in [0.5, 0.6) is 0 Å². The third-order valence-corrected chi connectivity index (χ3v) is 3.57. The predicted molar refractivity (Wildman–Crippen MR) is 72.1 cm³/mol. The van der Waals surface area contributed by atoms with Gasteiger partial charge in [0.15, 0.2) is 0 Å². The molecular formula is C13H17N3O3. The lowest BCUT2D eigenvalue weighted by molar-refractivity contribution is -0.384. The molecule has 1 aromatic carbocycles. The summed E-state index contributed by atoms with van der Waals surface area (Å²) in [6.07, 6.45) is 4.76. The van der Waals surface area contributed by atoms with Crippen LogP contribution in [0.25, 0.3) is 0 Å². The number of hydrogen-bond donors (Lipinski definition) is 2. The quantitative estimate of drug-likeness (QED) is 0.607. The zero-order valence-electron chi connectivity index (χ0n) is 10.6. The van der Waals surface area contributed by atoms with E-state index in [1.165, 1.54) is 37.5 Å². The fourth-order valence-electron chi connectivity index (χ4n) is 2.18. The topological polar surface area (TPSA) is 98.3 Å². The van der Waals surface area contributed by atoms with Crippen LogP contribution in [0.15, 0.2) is 18.2 Å². The highest BCUT2D eigenvalue weighted by molar-refractivity contribution is 5.94. The Morgan fingerprint density at radius 1 is 1.47 bits per heavy atom. The molecule has 6 nitrogen and oxygen atoms in total. The Bertz CT molecular complexity index is 498. The van der Waals surface area contributed by atoms with Gasteiger partial charge in [0, 0.05) is 18.2 Å². The Morgan fingerprint density at radius 2 is 2.21 bits per heavy atom. The molecule has 0 atom stereocenters. The van der Waals surface area contributed by atoms with Crippen LogP contribution in [0.3, 0.4) is 0 Å². The van der Waals surface area contributed by atoms with Gasteiger partial charge in [0.1, 0.15) is 5.69 Å². The van der Waals surface area contributed by atoms with E-state index >= 15 is 0 Å². The van der Waals surface area contributed by atoms with Crippen LogP contribution < -0.4 is 11.1 Å². The number of rotatable bonds is 6. The Labute approximate surface area is 111 Å². The predicted octanol–water partition coefficient (Wildman–Crippen LogP) is 2.30. The fourth-order valence-corrected chi connectivity index (χ4v) is 2.18. The highest BCUT2D eigenvalue weighted by Crippen LogP contribution is 2.30. The molecule has 1 amide bonds. The van der Waals surface area contributed by atoms with E-state index in [0.29, 0.717) is 12.2 Å². The maximum atomic E-state index is 11.1. The molecule has 0 heterocycles. The van der Waals surface area contributed by atoms with Crippen LogP contribution in [0.1, 0.15) is 36.0 Å². The minimum absolute atomic E-state index is 0.0291. The van der Waals surface area contributed by atoms with Gasteiger partial charge in [-0.05, 0) is 24.5 Å². The van der Waals surface area contributed by atoms with Crippen molar-refractivity contribution in [2.24, 2.45) is 11.7 Å². The molecular weight excluding hydrogens is 246 g/mol. The third-order valence-electron chi connectivity index (χ3n) is 3.57. The fraction of sp³-hybridized carbons (Fsp3) is 0.462. The Kier molecular flexibility index (Phi) is 3.99. The summed E-state index contributed by atoms with van der Waals surface area (Å²) in [5, 5.41) is 14.0. The molecule has 1 aliphatic carbocycles. The van der Waals surface area contributed by atoms with Crippen molar-refractivity contribution in [3.05, 3.63) is 33.9 Å². The minimum atomic E-state index is -0.586. The molecule has 1 fully saturated rings. The van der Waals surface area contributed by atoms with Crippen LogP contribution in [0, 0.1) is 16.0 Å². The molecule has 6 heteroatoms. The van der Waals surface area contributed by atoms with Gasteiger partial charge in [0.2, 0.25) is 5.91 Å². The first-order valence-corrected chi connectivity index (χ1v) is 6.40. The van der Waals surface area contributed by atoms with Crippen molar-refractivity contribution >= 4 is 17.3 Å². The Morgan fingerprint density at radius 3 is 2.74 bits per heavy atom. The maximum absolute atomic E-state index is 11.1. The SMILES string of the molecule is NC(=O)c1ccc([N+](=O)[O-])c(NCCC2CCC2)c1. The number of primary amides is 1. The Balaban J connectivity index is 2.07. The molecule has 0 aliphatic heterocycles. The molecule has 0 unspecified atom stereocenters. The standard InChI is InChI=1S/C13H17N3O3/c14-13(17)10-4-5-12(16(18)19)11(8-10)15-7-6-9-2-1-3-9/h4-5,8-9,15H,1-3,6-7H2,(H2,14,17). The molecule has 1 aliphatic rings. The summed E-state index contributed by atoms with van der Waals surface area (Å²) in [7, 11) is 0. The summed E-state index contributed by atoms with van der Waals surface area (Å²) in [6.45, 7) is 0.674. The third kappa shape index (κ3) is 3.21. The summed E-state index contributed by atoms with van der Waals surface area (Å²) in [5.41, 5.74) is 5.79. The molecule has 0 radical (unpaired) electrons. The average molecular weight is 263 g/mol. The molecule has 0 spiro atoms. The minimum Gasteiger partial charge on any atom is -0.379 e. The van der Waals surface area contributed by atoms with Gasteiger partial charge in [-0.2, -0.15) is 0 Å². The molecule has 0 bridgehead atoms. The summed E-state index contributed by atoms with van der Waals surface area (Å²) in [4.78, 5) is 21.6. The molecule has 1 saturated carbocycles. The van der Waals surface area contributed by atoms with E-state index < -0.39 is 10.8 Å². The Hall–Kier alpha value is -2.11. The molecule has 19 heavy (non-hydrogen) atoms. The van der Waals surface area contributed by atoms with Crippen molar-refractivity contribution in [3.63, 3.8) is 0 Å². The number of anilines is 1. The van der Waals surface area contributed by atoms with Gasteiger partial charge in [-0.3, -0.25) is 14.9 Å². The monoisotopic (exact) mass is 263 g/mol. The number of hydrogen-bond acceptors (Lipinski definition) is 4. The van der Waals surface area contributed by atoms with E-state index in [9.17, 15) is 14.9 Å². The van der Waals surface area contributed by atoms with Crippen LogP contribution >= 0.6 is 0 Å². The summed E-state index contributed by atoms with van der Waals surface area (Å²) < 4.78 is 0. The normalized spacial score (nSPS) is 14.7. The molecule has 2 rings (SSSR count). The van der Waals surface area contributed by atoms with Gasteiger partial charge < -0.3 is 11.1 Å². The summed E-state index contributed by atoms with van der Waals surface area (Å²) in [6, 6.07) is 4.13. The number of nitrogens with zero attached hydrogens (tertiary/aromatic N) is 1. The molecule has 3 N–H and O–H groups in total. The number of amides is 1. The second-order valence-electron chi connectivity index (χ2n) is 4.87. The zero-order valence-corrected chi connectivity index (χ0v) is 10.6. The lowest BCUT2D eigenvalue weighted by Crippen LogP contribution is -2.16. The second kappa shape index (κ2) is 5.69. The van der Waals surface area contributed by atoms with Crippen LogP contribution in [-0.2, 0) is 0 Å². The molecule has 102 valence electrons. The van der Waals surface area contributed by atoms with Crippen molar-refractivity contribution < 1.29 is 9.72 Å². The number of nitrogens with two attached hydrogens (primary N) is 1. The second-order valence-corrected chi connectivity index (χ2v) is 4.87.